The highest BCUT2D eigenvalue weighted by molar-refractivity contribution is 6.11. The van der Waals surface area contributed by atoms with Gasteiger partial charge in [-0.3, -0.25) is 9.48 Å². The number of aromatic nitrogens is 3. The molecule has 4 N–H and O–H groups in total. The standard InChI is InChI=1S/C33H36N6O8/c1-45-31(42)27-26-14-13-22(19-40)35-33(44)36-24(16-21-11-7-4-8-12-21)25-18-39(38-37-25)17-23(15-20-9-5-3-6-10-20)34-30(41)29(47-26)28(27)32(43)46-2/h3-12,18,22-24,40H,13-17,19H2,1-2H3,(H,34,41)(H2,35,36,44)/t22-,23+,24-/m1/s1. The summed E-state index contributed by atoms with van der Waals surface area (Å²) >= 11 is 0. The van der Waals surface area contributed by atoms with Gasteiger partial charge in [0.05, 0.1) is 51.7 Å². The van der Waals surface area contributed by atoms with Gasteiger partial charge in [0.25, 0.3) is 5.91 Å². The van der Waals surface area contributed by atoms with E-state index in [0.29, 0.717) is 18.5 Å². The first-order valence-electron chi connectivity index (χ1n) is 15.1. The summed E-state index contributed by atoms with van der Waals surface area (Å²) in [6.07, 6.45) is 2.52. The summed E-state index contributed by atoms with van der Waals surface area (Å²) in [6.45, 7) is -0.283. The molecule has 0 aliphatic carbocycles. The minimum absolute atomic E-state index is 0.0329. The van der Waals surface area contributed by atoms with Crippen LogP contribution in [0.2, 0.25) is 0 Å². The van der Waals surface area contributed by atoms with E-state index in [9.17, 15) is 24.3 Å². The van der Waals surface area contributed by atoms with Crippen molar-refractivity contribution in [2.75, 3.05) is 20.8 Å². The monoisotopic (exact) mass is 644 g/mol. The smallest absolute Gasteiger partial charge is 0.342 e. The van der Waals surface area contributed by atoms with Gasteiger partial charge in [-0.05, 0) is 30.4 Å². The fraction of sp³-hybridized carbons (Fsp3) is 0.333. The maximum atomic E-state index is 13.9. The second-order valence-corrected chi connectivity index (χ2v) is 11.1. The first-order chi connectivity index (χ1) is 22.8. The highest BCUT2D eigenvalue weighted by atomic mass is 16.5. The zero-order valence-electron chi connectivity index (χ0n) is 26.0. The van der Waals surface area contributed by atoms with E-state index in [0.717, 1.165) is 25.3 Å². The van der Waals surface area contributed by atoms with Crippen LogP contribution in [0.5, 0.6) is 0 Å². The first-order valence-corrected chi connectivity index (χ1v) is 15.1. The van der Waals surface area contributed by atoms with Gasteiger partial charge in [-0.15, -0.1) is 5.10 Å². The first kappa shape index (κ1) is 32.9. The van der Waals surface area contributed by atoms with Crippen molar-refractivity contribution in [1.29, 1.82) is 0 Å². The number of furan rings is 1. The molecule has 0 unspecified atom stereocenters. The Morgan fingerprint density at radius 3 is 2.17 bits per heavy atom. The lowest BCUT2D eigenvalue weighted by Gasteiger charge is -2.21. The third-order valence-corrected chi connectivity index (χ3v) is 7.81. The van der Waals surface area contributed by atoms with Crippen LogP contribution in [0.3, 0.4) is 0 Å². The molecular formula is C33H36N6O8. The molecule has 0 saturated carbocycles. The fourth-order valence-corrected chi connectivity index (χ4v) is 5.51. The molecule has 1 aliphatic rings. The fourth-order valence-electron chi connectivity index (χ4n) is 5.51. The van der Waals surface area contributed by atoms with Crippen LogP contribution in [0.4, 0.5) is 4.79 Å². The summed E-state index contributed by atoms with van der Waals surface area (Å²) < 4.78 is 17.3. The van der Waals surface area contributed by atoms with Crippen molar-refractivity contribution in [3.8, 4) is 0 Å². The summed E-state index contributed by atoms with van der Waals surface area (Å²) in [6, 6.07) is 16.5. The molecule has 3 amide bonds. The molecule has 0 spiro atoms. The Hall–Kier alpha value is -5.50. The number of rotatable bonds is 7. The van der Waals surface area contributed by atoms with Gasteiger partial charge in [0.1, 0.15) is 22.6 Å². The van der Waals surface area contributed by atoms with Crippen molar-refractivity contribution < 1.29 is 38.2 Å². The van der Waals surface area contributed by atoms with Crippen molar-refractivity contribution >= 4 is 23.9 Å². The van der Waals surface area contributed by atoms with Crippen molar-refractivity contribution in [2.45, 2.75) is 50.4 Å². The second kappa shape index (κ2) is 15.2. The largest absolute Gasteiger partial charge is 0.465 e. The van der Waals surface area contributed by atoms with Gasteiger partial charge in [0.2, 0.25) is 5.76 Å². The minimum atomic E-state index is -0.971. The Labute approximate surface area is 270 Å². The molecule has 1 aliphatic heterocycles. The van der Waals surface area contributed by atoms with E-state index in [-0.39, 0.29) is 36.3 Å². The summed E-state index contributed by atoms with van der Waals surface area (Å²) in [5.74, 6) is -3.11. The van der Waals surface area contributed by atoms with Crippen LogP contribution in [-0.4, -0.2) is 76.9 Å². The molecule has 246 valence electrons. The van der Waals surface area contributed by atoms with Crippen LogP contribution >= 0.6 is 0 Å². The van der Waals surface area contributed by atoms with Crippen LogP contribution in [0.1, 0.15) is 66.3 Å². The van der Waals surface area contributed by atoms with E-state index in [1.165, 1.54) is 0 Å². The number of urea groups is 1. The topological polar surface area (TPSA) is 187 Å². The number of esters is 2. The van der Waals surface area contributed by atoms with Crippen molar-refractivity contribution in [1.82, 2.24) is 30.9 Å². The lowest BCUT2D eigenvalue weighted by molar-refractivity contribution is 0.0554. The van der Waals surface area contributed by atoms with Gasteiger partial charge in [-0.25, -0.2) is 14.4 Å². The number of methoxy groups -OCH3 is 2. The maximum absolute atomic E-state index is 13.9. The van der Waals surface area contributed by atoms with Crippen LogP contribution in [0.15, 0.2) is 71.3 Å². The van der Waals surface area contributed by atoms with E-state index in [4.69, 9.17) is 13.9 Å². The number of fused-ring (bicyclic) bond motifs is 4. The Kier molecular flexibility index (Phi) is 10.6. The van der Waals surface area contributed by atoms with Gasteiger partial charge in [-0.2, -0.15) is 0 Å². The molecule has 47 heavy (non-hydrogen) atoms. The van der Waals surface area contributed by atoms with Crippen molar-refractivity contribution in [2.24, 2.45) is 0 Å². The third kappa shape index (κ3) is 8.02. The second-order valence-electron chi connectivity index (χ2n) is 11.1. The van der Waals surface area contributed by atoms with Gasteiger partial charge >= 0.3 is 18.0 Å². The number of carbonyl (C=O) groups excluding carboxylic acids is 4. The predicted molar refractivity (Wildman–Crippen MR) is 167 cm³/mol. The van der Waals surface area contributed by atoms with Gasteiger partial charge < -0.3 is 34.9 Å². The molecule has 0 radical (unpaired) electrons. The van der Waals surface area contributed by atoms with E-state index in [2.05, 4.69) is 26.3 Å². The Bertz CT molecular complexity index is 1700. The maximum Gasteiger partial charge on any atom is 0.342 e. The van der Waals surface area contributed by atoms with Crippen LogP contribution < -0.4 is 16.0 Å². The zero-order valence-corrected chi connectivity index (χ0v) is 26.0. The average molecular weight is 645 g/mol. The predicted octanol–water partition coefficient (Wildman–Crippen LogP) is 2.38. The molecule has 14 nitrogen and oxygen atoms in total. The third-order valence-electron chi connectivity index (χ3n) is 7.81. The SMILES string of the molecule is COC(=O)c1c2oc(c1C(=O)OC)C(=O)N[C@@H](Cc1ccccc1)Cn1cc(nn1)[C@@H](Cc1ccccc1)NC(=O)N[C@@H](CO)CC2. The number of carbonyl (C=O) groups is 4. The van der Waals surface area contributed by atoms with Crippen molar-refractivity contribution in [3.63, 3.8) is 0 Å². The molecule has 5 rings (SSSR count). The number of ether oxygens (including phenoxy) is 2. The Morgan fingerprint density at radius 2 is 1.53 bits per heavy atom. The number of aryl methyl sites for hydroxylation is 1. The Balaban J connectivity index is 1.57. The molecule has 4 aromatic rings. The summed E-state index contributed by atoms with van der Waals surface area (Å²) in [4.78, 5) is 53.0. The molecule has 0 fully saturated rings. The van der Waals surface area contributed by atoms with Crippen LogP contribution in [-0.2, 0) is 35.3 Å². The minimum Gasteiger partial charge on any atom is -0.465 e. The molecule has 4 bridgehead atoms. The molecule has 14 heteroatoms. The highest BCUT2D eigenvalue weighted by Gasteiger charge is 2.35. The number of benzene rings is 2. The number of aliphatic hydroxyl groups is 1. The molecule has 0 saturated heterocycles. The van der Waals surface area contributed by atoms with Crippen LogP contribution in [0, 0.1) is 0 Å². The molecular weight excluding hydrogens is 608 g/mol. The van der Waals surface area contributed by atoms with E-state index in [1.54, 1.807) is 10.9 Å². The summed E-state index contributed by atoms with van der Waals surface area (Å²) in [5, 5.41) is 27.4. The molecule has 2 aromatic carbocycles. The number of nitrogens with zero attached hydrogens (tertiary/aromatic N) is 3. The number of hydrogen-bond donors (Lipinski definition) is 4. The highest BCUT2D eigenvalue weighted by Crippen LogP contribution is 2.27. The molecule has 2 aromatic heterocycles. The average Bonchev–Trinajstić information content (AvgIpc) is 3.71. The van der Waals surface area contributed by atoms with Gasteiger partial charge in [0, 0.05) is 6.42 Å². The van der Waals surface area contributed by atoms with E-state index >= 15 is 0 Å². The van der Waals surface area contributed by atoms with Gasteiger partial charge in [-0.1, -0.05) is 65.9 Å². The molecule has 3 atom stereocenters. The zero-order chi connectivity index (χ0) is 33.3. The lowest BCUT2D eigenvalue weighted by atomic mass is 10.0. The van der Waals surface area contributed by atoms with E-state index < -0.39 is 54.4 Å². The lowest BCUT2D eigenvalue weighted by Crippen LogP contribution is -2.45. The van der Waals surface area contributed by atoms with Gasteiger partial charge in [0.15, 0.2) is 0 Å². The number of hydrogen-bond acceptors (Lipinski definition) is 10. The quantitative estimate of drug-likeness (QED) is 0.218. The number of nitrogens with one attached hydrogen (secondary N) is 3. The summed E-state index contributed by atoms with van der Waals surface area (Å²) in [5.41, 5.74) is 1.71. The number of amides is 3. The number of aliphatic hydroxyl groups excluding tert-OH is 1. The Morgan fingerprint density at radius 1 is 0.894 bits per heavy atom. The normalized spacial score (nSPS) is 18.7. The van der Waals surface area contributed by atoms with Crippen molar-refractivity contribution in [3.05, 3.63) is 106 Å². The van der Waals surface area contributed by atoms with E-state index in [1.807, 2.05) is 60.7 Å². The summed E-state index contributed by atoms with van der Waals surface area (Å²) in [7, 11) is 2.25. The van der Waals surface area contributed by atoms with Crippen LogP contribution in [0.25, 0.3) is 0 Å². The molecule has 3 heterocycles.